The third kappa shape index (κ3) is 3.44. The van der Waals surface area contributed by atoms with Crippen molar-refractivity contribution in [1.82, 2.24) is 24.9 Å². The Morgan fingerprint density at radius 1 is 0.833 bits per heavy atom. The van der Waals surface area contributed by atoms with Gasteiger partial charge in [0.1, 0.15) is 11.4 Å². The second-order valence-corrected chi connectivity index (χ2v) is 7.81. The smallest absolute Gasteiger partial charge is 0.272 e. The van der Waals surface area contributed by atoms with E-state index in [9.17, 15) is 8.78 Å². The molecule has 0 N–H and O–H groups in total. The van der Waals surface area contributed by atoms with Crippen LogP contribution >= 0.6 is 11.6 Å². The molecule has 5 rings (SSSR count). The molecule has 0 radical (unpaired) electrons. The lowest BCUT2D eigenvalue weighted by atomic mass is 10.1. The molecule has 4 aromatic rings. The summed E-state index contributed by atoms with van der Waals surface area (Å²) in [4.78, 5) is 1.70. The van der Waals surface area contributed by atoms with Crippen molar-refractivity contribution in [3.05, 3.63) is 65.7 Å². The summed E-state index contributed by atoms with van der Waals surface area (Å²) >= 11 is 6.82. The van der Waals surface area contributed by atoms with Crippen molar-refractivity contribution in [2.75, 3.05) is 19.6 Å². The fourth-order valence-electron chi connectivity index (χ4n) is 3.75. The van der Waals surface area contributed by atoms with Crippen LogP contribution in [0, 0.1) is 0 Å². The van der Waals surface area contributed by atoms with Crippen molar-refractivity contribution in [2.45, 2.75) is 12.5 Å². The van der Waals surface area contributed by atoms with Crippen LogP contribution in [0.1, 0.15) is 0 Å². The molecule has 2 aromatic carbocycles. The van der Waals surface area contributed by atoms with E-state index in [-0.39, 0.29) is 13.1 Å². The zero-order valence-corrected chi connectivity index (χ0v) is 16.7. The van der Waals surface area contributed by atoms with Crippen molar-refractivity contribution >= 4 is 22.6 Å². The summed E-state index contributed by atoms with van der Waals surface area (Å²) in [6, 6.07) is 19.3. The van der Waals surface area contributed by atoms with E-state index in [1.165, 1.54) is 0 Å². The van der Waals surface area contributed by atoms with E-state index < -0.39 is 5.92 Å². The molecular formula is C22H18ClF2N5. The molecule has 1 aliphatic rings. The maximum absolute atomic E-state index is 13.1. The Morgan fingerprint density at radius 2 is 1.43 bits per heavy atom. The van der Waals surface area contributed by atoms with Gasteiger partial charge in [-0.1, -0.05) is 72.3 Å². The lowest BCUT2D eigenvalue weighted by Gasteiger charge is -2.38. The van der Waals surface area contributed by atoms with Crippen molar-refractivity contribution in [3.63, 3.8) is 0 Å². The monoisotopic (exact) mass is 425 g/mol. The van der Waals surface area contributed by atoms with Crippen LogP contribution in [0.3, 0.4) is 0 Å². The molecule has 30 heavy (non-hydrogen) atoms. The zero-order chi connectivity index (χ0) is 20.7. The summed E-state index contributed by atoms with van der Waals surface area (Å²) in [6.07, 6.45) is 0. The average molecular weight is 426 g/mol. The molecule has 0 unspecified atom stereocenters. The zero-order valence-electron chi connectivity index (χ0n) is 16.0. The fourth-order valence-corrected chi connectivity index (χ4v) is 4.07. The molecule has 0 bridgehead atoms. The first-order valence-corrected chi connectivity index (χ1v) is 10.0. The third-order valence-corrected chi connectivity index (χ3v) is 5.60. The van der Waals surface area contributed by atoms with E-state index in [2.05, 4.69) is 10.2 Å². The van der Waals surface area contributed by atoms with Crippen molar-refractivity contribution < 1.29 is 8.78 Å². The van der Waals surface area contributed by atoms with Gasteiger partial charge in [0.05, 0.1) is 30.0 Å². The van der Waals surface area contributed by atoms with Crippen molar-refractivity contribution in [1.29, 1.82) is 0 Å². The van der Waals surface area contributed by atoms with Crippen LogP contribution in [0.2, 0.25) is 5.02 Å². The van der Waals surface area contributed by atoms with E-state index in [1.807, 2.05) is 60.7 Å². The predicted molar refractivity (Wildman–Crippen MR) is 113 cm³/mol. The molecule has 1 fully saturated rings. The molecule has 152 valence electrons. The highest BCUT2D eigenvalue weighted by Crippen LogP contribution is 2.37. The minimum absolute atomic E-state index is 0.220. The number of fused-ring (bicyclic) bond motifs is 1. The molecule has 2 aromatic heterocycles. The van der Waals surface area contributed by atoms with Gasteiger partial charge < -0.3 is 0 Å². The summed E-state index contributed by atoms with van der Waals surface area (Å²) in [6.45, 7) is 0.445. The molecule has 5 nitrogen and oxygen atoms in total. The first-order chi connectivity index (χ1) is 14.5. The van der Waals surface area contributed by atoms with Gasteiger partial charge in [0.25, 0.3) is 5.92 Å². The van der Waals surface area contributed by atoms with Crippen LogP contribution in [0.4, 0.5) is 8.78 Å². The summed E-state index contributed by atoms with van der Waals surface area (Å²) < 4.78 is 28.0. The van der Waals surface area contributed by atoms with E-state index in [1.54, 1.807) is 9.58 Å². The Hall–Kier alpha value is -2.90. The average Bonchev–Trinajstić information content (AvgIpc) is 3.12. The molecule has 0 aliphatic carbocycles. The molecule has 1 saturated heterocycles. The topological polar surface area (TPSA) is 46.8 Å². The molecular weight excluding hydrogens is 408 g/mol. The highest BCUT2D eigenvalue weighted by Gasteiger charge is 2.43. The number of benzene rings is 2. The van der Waals surface area contributed by atoms with Gasteiger partial charge in [-0.15, -0.1) is 10.2 Å². The van der Waals surface area contributed by atoms with Gasteiger partial charge in [0, 0.05) is 17.7 Å². The number of rotatable bonds is 5. The van der Waals surface area contributed by atoms with Crippen LogP contribution in [0.25, 0.3) is 33.5 Å². The first-order valence-electron chi connectivity index (χ1n) is 9.65. The van der Waals surface area contributed by atoms with E-state index in [4.69, 9.17) is 16.7 Å². The van der Waals surface area contributed by atoms with Gasteiger partial charge in [-0.3, -0.25) is 4.90 Å². The Balaban J connectivity index is 1.59. The largest absolute Gasteiger partial charge is 0.290 e. The minimum Gasteiger partial charge on any atom is -0.290 e. The van der Waals surface area contributed by atoms with Gasteiger partial charge in [-0.2, -0.15) is 5.10 Å². The van der Waals surface area contributed by atoms with Crippen molar-refractivity contribution in [3.8, 4) is 22.5 Å². The number of nitrogens with zero attached hydrogens (tertiary/aromatic N) is 5. The Kier molecular flexibility index (Phi) is 4.72. The summed E-state index contributed by atoms with van der Waals surface area (Å²) in [7, 11) is 0. The van der Waals surface area contributed by atoms with Gasteiger partial charge in [-0.25, -0.2) is 13.5 Å². The molecule has 0 atom stereocenters. The maximum Gasteiger partial charge on any atom is 0.272 e. The lowest BCUT2D eigenvalue weighted by molar-refractivity contribution is -0.131. The molecule has 8 heteroatoms. The fraction of sp³-hybridized carbons (Fsp3) is 0.227. The first kappa shape index (κ1) is 19.1. The highest BCUT2D eigenvalue weighted by molar-refractivity contribution is 6.38. The molecule has 0 amide bonds. The number of hydrogen-bond donors (Lipinski definition) is 0. The normalized spacial score (nSPS) is 16.0. The van der Waals surface area contributed by atoms with Crippen LogP contribution < -0.4 is 0 Å². The summed E-state index contributed by atoms with van der Waals surface area (Å²) in [5, 5.41) is 14.7. The molecule has 0 saturated carbocycles. The van der Waals surface area contributed by atoms with E-state index in [0.717, 1.165) is 11.1 Å². The van der Waals surface area contributed by atoms with Crippen LogP contribution in [-0.4, -0.2) is 50.4 Å². The quantitative estimate of drug-likeness (QED) is 0.462. The second-order valence-electron chi connectivity index (χ2n) is 7.43. The van der Waals surface area contributed by atoms with Crippen LogP contribution in [0.5, 0.6) is 0 Å². The Bertz CT molecular complexity index is 1190. The minimum atomic E-state index is -2.59. The summed E-state index contributed by atoms with van der Waals surface area (Å²) in [5.41, 5.74) is 3.61. The van der Waals surface area contributed by atoms with Gasteiger partial charge in [0.15, 0.2) is 5.65 Å². The third-order valence-electron chi connectivity index (χ3n) is 5.23. The number of alkyl halides is 2. The molecule has 0 spiro atoms. The highest BCUT2D eigenvalue weighted by atomic mass is 35.5. The predicted octanol–water partition coefficient (Wildman–Crippen LogP) is 4.76. The lowest BCUT2D eigenvalue weighted by Crippen LogP contribution is -2.56. The van der Waals surface area contributed by atoms with E-state index in [0.29, 0.717) is 40.5 Å². The maximum atomic E-state index is 13.1. The number of likely N-dealkylation sites (tertiary alicyclic amines) is 1. The standard InChI is InChI=1S/C22H18ClF2N5/c23-18-17-19(15-7-3-1-4-8-15)28-30(12-11-29-13-22(24,25)14-29)21(17)27-26-20(18)16-9-5-2-6-10-16/h1-10H,11-14H2. The second kappa shape index (κ2) is 7.41. The van der Waals surface area contributed by atoms with Gasteiger partial charge in [-0.05, 0) is 0 Å². The Labute approximate surface area is 176 Å². The van der Waals surface area contributed by atoms with Crippen LogP contribution in [-0.2, 0) is 6.54 Å². The number of aromatic nitrogens is 4. The number of hydrogen-bond acceptors (Lipinski definition) is 4. The molecule has 3 heterocycles. The SMILES string of the molecule is FC1(F)CN(CCn2nc(-c3ccccc3)c3c(Cl)c(-c4ccccc4)nnc32)C1. The van der Waals surface area contributed by atoms with Crippen LogP contribution in [0.15, 0.2) is 60.7 Å². The summed E-state index contributed by atoms with van der Waals surface area (Å²) in [5.74, 6) is -2.59. The van der Waals surface area contributed by atoms with E-state index >= 15 is 0 Å². The van der Waals surface area contributed by atoms with Crippen molar-refractivity contribution in [2.24, 2.45) is 0 Å². The molecule has 1 aliphatic heterocycles. The van der Waals surface area contributed by atoms with Gasteiger partial charge >= 0.3 is 0 Å². The number of halogens is 3. The Morgan fingerprint density at radius 3 is 2.03 bits per heavy atom. The van der Waals surface area contributed by atoms with Gasteiger partial charge in [0.2, 0.25) is 0 Å².